The van der Waals surface area contributed by atoms with Gasteiger partial charge in [-0.2, -0.15) is 5.10 Å². The van der Waals surface area contributed by atoms with Gasteiger partial charge in [0, 0.05) is 25.5 Å². The first-order valence-electron chi connectivity index (χ1n) is 6.94. The van der Waals surface area contributed by atoms with Gasteiger partial charge in [-0.25, -0.2) is 0 Å². The maximum absolute atomic E-state index is 11.9. The van der Waals surface area contributed by atoms with Crippen LogP contribution in [0.15, 0.2) is 42.7 Å². The molecule has 6 nitrogen and oxygen atoms in total. The van der Waals surface area contributed by atoms with E-state index in [2.05, 4.69) is 10.4 Å². The summed E-state index contributed by atoms with van der Waals surface area (Å²) in [5.41, 5.74) is 6.80. The molecular weight excluding hydrogens is 268 g/mol. The molecule has 6 heteroatoms. The number of hydrogen-bond acceptors (Lipinski definition) is 4. The van der Waals surface area contributed by atoms with Crippen LogP contribution in [0.5, 0.6) is 5.75 Å². The number of carbonyl (C=O) groups excluding carboxylic acids is 1. The smallest absolute Gasteiger partial charge is 0.237 e. The number of nitrogens with one attached hydrogen (secondary N) is 1. The van der Waals surface area contributed by atoms with Crippen molar-refractivity contribution in [2.75, 3.05) is 6.54 Å². The molecule has 4 N–H and O–H groups in total. The second-order valence-electron chi connectivity index (χ2n) is 4.89. The number of nitrogens with two attached hydrogens (primary N) is 1. The monoisotopic (exact) mass is 288 g/mol. The molecule has 1 amide bonds. The van der Waals surface area contributed by atoms with E-state index in [1.165, 1.54) is 0 Å². The quantitative estimate of drug-likeness (QED) is 0.653. The van der Waals surface area contributed by atoms with Gasteiger partial charge in [-0.15, -0.1) is 0 Å². The van der Waals surface area contributed by atoms with Gasteiger partial charge in [0.25, 0.3) is 0 Å². The summed E-state index contributed by atoms with van der Waals surface area (Å²) in [6.45, 7) is 1.34. The van der Waals surface area contributed by atoms with Gasteiger partial charge < -0.3 is 16.2 Å². The first-order chi connectivity index (χ1) is 10.1. The van der Waals surface area contributed by atoms with Gasteiger partial charge in [-0.05, 0) is 36.6 Å². The molecule has 0 radical (unpaired) electrons. The van der Waals surface area contributed by atoms with Crippen molar-refractivity contribution in [1.82, 2.24) is 15.1 Å². The Labute approximate surface area is 123 Å². The summed E-state index contributed by atoms with van der Waals surface area (Å²) in [7, 11) is 0. The first kappa shape index (κ1) is 15.1. The highest BCUT2D eigenvalue weighted by molar-refractivity contribution is 5.81. The molecule has 0 saturated carbocycles. The molecule has 0 bridgehead atoms. The highest BCUT2D eigenvalue weighted by Gasteiger charge is 2.13. The zero-order valence-corrected chi connectivity index (χ0v) is 11.8. The summed E-state index contributed by atoms with van der Waals surface area (Å²) in [5.74, 6) is 0.0407. The molecule has 2 aromatic rings. The Morgan fingerprint density at radius 1 is 1.38 bits per heavy atom. The van der Waals surface area contributed by atoms with Crippen molar-refractivity contribution < 1.29 is 9.90 Å². The van der Waals surface area contributed by atoms with Gasteiger partial charge in [0.15, 0.2) is 0 Å². The molecule has 21 heavy (non-hydrogen) atoms. The molecule has 1 aromatic carbocycles. The Morgan fingerprint density at radius 3 is 2.81 bits per heavy atom. The van der Waals surface area contributed by atoms with Crippen LogP contribution in [-0.2, 0) is 17.8 Å². The van der Waals surface area contributed by atoms with Crippen LogP contribution in [0.1, 0.15) is 12.0 Å². The Kier molecular flexibility index (Phi) is 5.34. The normalized spacial score (nSPS) is 12.0. The number of aromatic hydroxyl groups is 1. The third-order valence-electron chi connectivity index (χ3n) is 3.15. The Bertz CT molecular complexity index is 552. The summed E-state index contributed by atoms with van der Waals surface area (Å²) >= 11 is 0. The van der Waals surface area contributed by atoms with E-state index < -0.39 is 6.04 Å². The van der Waals surface area contributed by atoms with Crippen molar-refractivity contribution in [2.24, 2.45) is 5.73 Å². The van der Waals surface area contributed by atoms with Crippen LogP contribution in [-0.4, -0.2) is 33.4 Å². The van der Waals surface area contributed by atoms with Crippen LogP contribution < -0.4 is 11.1 Å². The van der Waals surface area contributed by atoms with E-state index in [1.54, 1.807) is 30.5 Å². The molecule has 0 spiro atoms. The summed E-state index contributed by atoms with van der Waals surface area (Å²) in [6.07, 6.45) is 4.87. The Balaban J connectivity index is 1.68. The third-order valence-corrected chi connectivity index (χ3v) is 3.15. The lowest BCUT2D eigenvalue weighted by Gasteiger charge is -2.12. The standard InChI is InChI=1S/C15H20N4O2/c16-14(11-12-3-5-13(20)6-4-12)15(21)17-7-1-9-19-10-2-8-18-19/h2-6,8,10,14,20H,1,7,9,11,16H2,(H,17,21)/t14-/m0/s1. The van der Waals surface area contributed by atoms with Crippen molar-refractivity contribution in [1.29, 1.82) is 0 Å². The molecule has 1 heterocycles. The van der Waals surface area contributed by atoms with Crippen molar-refractivity contribution in [3.05, 3.63) is 48.3 Å². The lowest BCUT2D eigenvalue weighted by atomic mass is 10.1. The first-order valence-corrected chi connectivity index (χ1v) is 6.94. The molecule has 0 aliphatic carbocycles. The molecule has 1 aromatic heterocycles. The maximum Gasteiger partial charge on any atom is 0.237 e. The van der Waals surface area contributed by atoms with Gasteiger partial charge >= 0.3 is 0 Å². The second-order valence-corrected chi connectivity index (χ2v) is 4.89. The van der Waals surface area contributed by atoms with Gasteiger partial charge in [-0.1, -0.05) is 12.1 Å². The summed E-state index contributed by atoms with van der Waals surface area (Å²) in [5, 5.41) is 16.1. The van der Waals surface area contributed by atoms with Crippen LogP contribution in [0.2, 0.25) is 0 Å². The fraction of sp³-hybridized carbons (Fsp3) is 0.333. The zero-order chi connectivity index (χ0) is 15.1. The van der Waals surface area contributed by atoms with E-state index in [9.17, 15) is 9.90 Å². The van der Waals surface area contributed by atoms with Crippen LogP contribution >= 0.6 is 0 Å². The molecule has 0 aliphatic rings. The predicted octanol–water partition coefficient (Wildman–Crippen LogP) is 0.665. The molecular formula is C15H20N4O2. The van der Waals surface area contributed by atoms with Gasteiger partial charge in [0.2, 0.25) is 5.91 Å². The largest absolute Gasteiger partial charge is 0.508 e. The average Bonchev–Trinajstić information content (AvgIpc) is 2.99. The van der Waals surface area contributed by atoms with E-state index in [0.717, 1.165) is 18.5 Å². The van der Waals surface area contributed by atoms with Crippen LogP contribution in [0.4, 0.5) is 0 Å². The highest BCUT2D eigenvalue weighted by atomic mass is 16.3. The summed E-state index contributed by atoms with van der Waals surface area (Å²) in [6, 6.07) is 7.99. The minimum absolute atomic E-state index is 0.163. The van der Waals surface area contributed by atoms with E-state index in [0.29, 0.717) is 13.0 Å². The van der Waals surface area contributed by atoms with E-state index in [4.69, 9.17) is 5.73 Å². The van der Waals surface area contributed by atoms with Gasteiger partial charge in [0.05, 0.1) is 6.04 Å². The maximum atomic E-state index is 11.9. The highest BCUT2D eigenvalue weighted by Crippen LogP contribution is 2.10. The fourth-order valence-corrected chi connectivity index (χ4v) is 2.00. The Hall–Kier alpha value is -2.34. The molecule has 0 aliphatic heterocycles. The molecule has 2 rings (SSSR count). The van der Waals surface area contributed by atoms with Crippen LogP contribution in [0, 0.1) is 0 Å². The fourth-order valence-electron chi connectivity index (χ4n) is 2.00. The number of nitrogens with zero attached hydrogens (tertiary/aromatic N) is 2. The van der Waals surface area contributed by atoms with E-state index in [1.807, 2.05) is 16.9 Å². The molecule has 0 unspecified atom stereocenters. The number of carbonyl (C=O) groups is 1. The number of rotatable bonds is 7. The molecule has 0 saturated heterocycles. The van der Waals surface area contributed by atoms with Crippen LogP contribution in [0.25, 0.3) is 0 Å². The minimum atomic E-state index is -0.584. The number of phenolic OH excluding ortho intramolecular Hbond substituents is 1. The number of aryl methyl sites for hydroxylation is 1. The number of amides is 1. The molecule has 0 fully saturated rings. The topological polar surface area (TPSA) is 93.2 Å². The average molecular weight is 288 g/mol. The van der Waals surface area contributed by atoms with Gasteiger partial charge in [-0.3, -0.25) is 9.48 Å². The molecule has 112 valence electrons. The summed E-state index contributed by atoms with van der Waals surface area (Å²) in [4.78, 5) is 11.9. The minimum Gasteiger partial charge on any atom is -0.508 e. The number of benzene rings is 1. The van der Waals surface area contributed by atoms with E-state index >= 15 is 0 Å². The lowest BCUT2D eigenvalue weighted by molar-refractivity contribution is -0.122. The van der Waals surface area contributed by atoms with Crippen molar-refractivity contribution in [3.63, 3.8) is 0 Å². The van der Waals surface area contributed by atoms with Crippen LogP contribution in [0.3, 0.4) is 0 Å². The van der Waals surface area contributed by atoms with Crippen molar-refractivity contribution in [2.45, 2.75) is 25.4 Å². The number of aromatic nitrogens is 2. The van der Waals surface area contributed by atoms with E-state index in [-0.39, 0.29) is 11.7 Å². The SMILES string of the molecule is N[C@@H](Cc1ccc(O)cc1)C(=O)NCCCn1cccn1. The molecule has 1 atom stereocenters. The number of hydrogen-bond donors (Lipinski definition) is 3. The Morgan fingerprint density at radius 2 is 2.14 bits per heavy atom. The third kappa shape index (κ3) is 4.92. The van der Waals surface area contributed by atoms with Crippen molar-refractivity contribution >= 4 is 5.91 Å². The summed E-state index contributed by atoms with van der Waals surface area (Å²) < 4.78 is 1.82. The number of phenols is 1. The van der Waals surface area contributed by atoms with Crippen molar-refractivity contribution in [3.8, 4) is 5.75 Å². The predicted molar refractivity (Wildman–Crippen MR) is 79.6 cm³/mol. The van der Waals surface area contributed by atoms with Gasteiger partial charge in [0.1, 0.15) is 5.75 Å². The second kappa shape index (κ2) is 7.44. The lowest BCUT2D eigenvalue weighted by Crippen LogP contribution is -2.42. The zero-order valence-electron chi connectivity index (χ0n) is 11.8.